The molecular weight excluding hydrogens is 173 g/mol. The van der Waals surface area contributed by atoms with Crippen LogP contribution in [0.25, 0.3) is 0 Å². The fourth-order valence-corrected chi connectivity index (χ4v) is 0.500. The Labute approximate surface area is 78.3 Å². The Morgan fingerprint density at radius 1 is 1.62 bits per heavy atom. The first-order chi connectivity index (χ1) is 3.31. The molecule has 0 fully saturated rings. The first-order valence-corrected chi connectivity index (χ1v) is 2.92. The van der Waals surface area contributed by atoms with Crippen molar-refractivity contribution in [2.45, 2.75) is 26.7 Å². The zero-order chi connectivity index (χ0) is 5.70. The molecule has 0 rings (SSSR count). The Kier molecular flexibility index (Phi) is 12.0. The van der Waals surface area contributed by atoms with Crippen LogP contribution in [0.15, 0.2) is 0 Å². The summed E-state index contributed by atoms with van der Waals surface area (Å²) < 4.78 is 0. The minimum Gasteiger partial charge on any atom is -0.343 e. The molecule has 0 aromatic rings. The summed E-state index contributed by atoms with van der Waals surface area (Å²) in [6.07, 6.45) is 4.53. The largest absolute Gasteiger partial charge is 0.343 e. The average Bonchev–Trinajstić information content (AvgIpc) is 1.68. The van der Waals surface area contributed by atoms with E-state index in [9.17, 15) is 0 Å². The van der Waals surface area contributed by atoms with Crippen LogP contribution in [0.1, 0.15) is 26.7 Å². The topological polar surface area (TPSA) is 0 Å². The molecule has 0 aliphatic heterocycles. The SMILES string of the molecule is [CH2-]C(CC)C[CH-]C.[Y]. The molecule has 0 aromatic heterocycles. The van der Waals surface area contributed by atoms with Gasteiger partial charge in [0.05, 0.1) is 0 Å². The molecule has 8 heavy (non-hydrogen) atoms. The summed E-state index contributed by atoms with van der Waals surface area (Å²) in [4.78, 5) is 0. The minimum absolute atomic E-state index is 0. The number of hydrogen-bond acceptors (Lipinski definition) is 0. The molecule has 0 nitrogen and oxygen atoms in total. The third kappa shape index (κ3) is 7.10. The van der Waals surface area contributed by atoms with Crippen LogP contribution in [0.5, 0.6) is 0 Å². The van der Waals surface area contributed by atoms with E-state index in [-0.39, 0.29) is 32.7 Å². The Morgan fingerprint density at radius 2 is 2.12 bits per heavy atom. The van der Waals surface area contributed by atoms with Gasteiger partial charge in [-0.2, -0.15) is 12.8 Å². The zero-order valence-corrected chi connectivity index (χ0v) is 8.69. The van der Waals surface area contributed by atoms with Crippen LogP contribution >= 0.6 is 0 Å². The molecular formula is C7H14Y-2. The molecule has 1 radical (unpaired) electrons. The molecule has 1 atom stereocenters. The maximum absolute atomic E-state index is 3.92. The smallest absolute Gasteiger partial charge is 0 e. The van der Waals surface area contributed by atoms with E-state index in [1.54, 1.807) is 0 Å². The first-order valence-electron chi connectivity index (χ1n) is 2.92. The summed E-state index contributed by atoms with van der Waals surface area (Å²) in [5.41, 5.74) is 0. The van der Waals surface area contributed by atoms with Crippen molar-refractivity contribution >= 4 is 0 Å². The van der Waals surface area contributed by atoms with E-state index >= 15 is 0 Å². The minimum atomic E-state index is 0. The molecule has 0 aliphatic carbocycles. The molecule has 0 saturated carbocycles. The number of hydrogen-bond donors (Lipinski definition) is 0. The Hall–Kier alpha value is 1.10. The third-order valence-corrected chi connectivity index (χ3v) is 1.15. The van der Waals surface area contributed by atoms with Crippen LogP contribution < -0.4 is 0 Å². The van der Waals surface area contributed by atoms with Gasteiger partial charge in [0, 0.05) is 32.7 Å². The van der Waals surface area contributed by atoms with E-state index in [4.69, 9.17) is 0 Å². The van der Waals surface area contributed by atoms with Crippen molar-refractivity contribution in [3.8, 4) is 0 Å². The van der Waals surface area contributed by atoms with Gasteiger partial charge in [0.1, 0.15) is 0 Å². The molecule has 1 heteroatoms. The fourth-order valence-electron chi connectivity index (χ4n) is 0.500. The molecule has 0 amide bonds. The van der Waals surface area contributed by atoms with Gasteiger partial charge in [0.25, 0.3) is 0 Å². The predicted octanol–water partition coefficient (Wildman–Crippen LogP) is 2.46. The second-order valence-electron chi connectivity index (χ2n) is 1.92. The van der Waals surface area contributed by atoms with E-state index in [0.717, 1.165) is 6.42 Å². The van der Waals surface area contributed by atoms with Crippen molar-refractivity contribution in [1.29, 1.82) is 0 Å². The van der Waals surface area contributed by atoms with Gasteiger partial charge in [-0.05, 0) is 0 Å². The van der Waals surface area contributed by atoms with E-state index in [1.165, 1.54) is 6.42 Å². The molecule has 0 saturated heterocycles. The van der Waals surface area contributed by atoms with E-state index in [2.05, 4.69) is 27.2 Å². The Morgan fingerprint density at radius 3 is 2.25 bits per heavy atom. The van der Waals surface area contributed by atoms with Crippen LogP contribution in [0.3, 0.4) is 0 Å². The Balaban J connectivity index is 0. The molecule has 0 aromatic carbocycles. The van der Waals surface area contributed by atoms with Crippen molar-refractivity contribution in [2.75, 3.05) is 0 Å². The molecule has 47 valence electrons. The molecule has 0 N–H and O–H groups in total. The molecule has 0 bridgehead atoms. The monoisotopic (exact) mass is 187 g/mol. The first kappa shape index (κ1) is 11.8. The molecule has 0 heterocycles. The summed E-state index contributed by atoms with van der Waals surface area (Å²) in [5, 5.41) is 0. The van der Waals surface area contributed by atoms with Gasteiger partial charge in [-0.25, -0.2) is 6.42 Å². The summed E-state index contributed by atoms with van der Waals surface area (Å²) in [6, 6.07) is 0. The third-order valence-electron chi connectivity index (χ3n) is 1.15. The quantitative estimate of drug-likeness (QED) is 0.595. The molecule has 0 aliphatic rings. The number of rotatable bonds is 3. The van der Waals surface area contributed by atoms with Crippen LogP contribution in [0, 0.1) is 19.3 Å². The summed E-state index contributed by atoms with van der Waals surface area (Å²) in [5.74, 6) is 0.644. The summed E-state index contributed by atoms with van der Waals surface area (Å²) in [6.45, 7) is 8.16. The maximum Gasteiger partial charge on any atom is 0 e. The zero-order valence-electron chi connectivity index (χ0n) is 5.85. The van der Waals surface area contributed by atoms with Crippen LogP contribution in [0.2, 0.25) is 0 Å². The van der Waals surface area contributed by atoms with Gasteiger partial charge in [0.15, 0.2) is 0 Å². The van der Waals surface area contributed by atoms with Crippen LogP contribution in [-0.4, -0.2) is 0 Å². The van der Waals surface area contributed by atoms with E-state index < -0.39 is 0 Å². The van der Waals surface area contributed by atoms with Gasteiger partial charge >= 0.3 is 0 Å². The predicted molar refractivity (Wildman–Crippen MR) is 33.7 cm³/mol. The summed E-state index contributed by atoms with van der Waals surface area (Å²) >= 11 is 0. The van der Waals surface area contributed by atoms with E-state index in [1.807, 2.05) is 0 Å². The van der Waals surface area contributed by atoms with E-state index in [0.29, 0.717) is 5.92 Å². The van der Waals surface area contributed by atoms with Gasteiger partial charge < -0.3 is 13.3 Å². The van der Waals surface area contributed by atoms with Crippen LogP contribution in [-0.2, 0) is 32.7 Å². The van der Waals surface area contributed by atoms with Crippen LogP contribution in [0.4, 0.5) is 0 Å². The van der Waals surface area contributed by atoms with Gasteiger partial charge in [-0.1, -0.05) is 13.3 Å². The van der Waals surface area contributed by atoms with Crippen molar-refractivity contribution < 1.29 is 32.7 Å². The molecule has 0 spiro atoms. The second-order valence-corrected chi connectivity index (χ2v) is 1.92. The maximum atomic E-state index is 3.92. The normalized spacial score (nSPS) is 12.4. The standard InChI is InChI=1S/C7H14.Y/c1-4-6-7(3)5-2;/h4,7H,3,5-6H2,1-2H3;/q-2;. The summed E-state index contributed by atoms with van der Waals surface area (Å²) in [7, 11) is 0. The van der Waals surface area contributed by atoms with Crippen molar-refractivity contribution in [3.05, 3.63) is 13.3 Å². The van der Waals surface area contributed by atoms with Gasteiger partial charge in [-0.3, -0.25) is 0 Å². The van der Waals surface area contributed by atoms with Gasteiger partial charge in [0.2, 0.25) is 0 Å². The van der Waals surface area contributed by atoms with Crippen molar-refractivity contribution in [3.63, 3.8) is 0 Å². The van der Waals surface area contributed by atoms with Crippen molar-refractivity contribution in [1.82, 2.24) is 0 Å². The Bertz CT molecular complexity index is 35.4. The fraction of sp³-hybridized carbons (Fsp3) is 0.714. The van der Waals surface area contributed by atoms with Crippen molar-refractivity contribution in [2.24, 2.45) is 5.92 Å². The second kappa shape index (κ2) is 8.10. The van der Waals surface area contributed by atoms with Gasteiger partial charge in [-0.15, -0.1) is 0 Å². The molecule has 1 unspecified atom stereocenters. The average molecular weight is 187 g/mol.